The van der Waals surface area contributed by atoms with Crippen molar-refractivity contribution in [1.82, 2.24) is 0 Å². The topological polar surface area (TPSA) is 18.5 Å². The highest BCUT2D eigenvalue weighted by Crippen LogP contribution is 2.34. The molecule has 0 unspecified atom stereocenters. The highest BCUT2D eigenvalue weighted by Gasteiger charge is 2.13. The summed E-state index contributed by atoms with van der Waals surface area (Å²) in [6.45, 7) is 4.48. The first-order valence-corrected chi connectivity index (χ1v) is 7.45. The molecule has 1 aliphatic rings. The molecule has 2 aromatic rings. The zero-order valence-corrected chi connectivity index (χ0v) is 12.8. The molecule has 1 heterocycles. The Kier molecular flexibility index (Phi) is 4.16. The third-order valence-corrected chi connectivity index (χ3v) is 3.48. The number of allylic oxidation sites excluding steroid dienone is 2. The van der Waals surface area contributed by atoms with E-state index in [-0.39, 0.29) is 0 Å². The smallest absolute Gasteiger partial charge is 0.231 e. The number of aryl methyl sites for hydroxylation is 1. The molecule has 0 fully saturated rings. The van der Waals surface area contributed by atoms with Gasteiger partial charge in [0.2, 0.25) is 6.79 Å². The van der Waals surface area contributed by atoms with Gasteiger partial charge in [-0.3, -0.25) is 0 Å². The van der Waals surface area contributed by atoms with Crippen molar-refractivity contribution in [3.05, 3.63) is 65.2 Å². The molecule has 3 rings (SSSR count). The van der Waals surface area contributed by atoms with Crippen molar-refractivity contribution < 1.29 is 9.47 Å². The van der Waals surface area contributed by atoms with Gasteiger partial charge in [-0.05, 0) is 49.2 Å². The van der Waals surface area contributed by atoms with Gasteiger partial charge in [0.25, 0.3) is 0 Å². The minimum atomic E-state index is 0.292. The van der Waals surface area contributed by atoms with E-state index < -0.39 is 0 Å². The quantitative estimate of drug-likeness (QED) is 0.754. The van der Waals surface area contributed by atoms with Crippen molar-refractivity contribution in [2.45, 2.75) is 20.3 Å². The molecule has 0 amide bonds. The summed E-state index contributed by atoms with van der Waals surface area (Å²) >= 11 is 0. The Morgan fingerprint density at radius 3 is 2.64 bits per heavy atom. The summed E-state index contributed by atoms with van der Waals surface area (Å²) in [7, 11) is 0. The molecule has 2 aromatic carbocycles. The van der Waals surface area contributed by atoms with Crippen molar-refractivity contribution in [2.24, 2.45) is 0 Å². The van der Waals surface area contributed by atoms with Gasteiger partial charge in [-0.1, -0.05) is 42.5 Å². The number of benzene rings is 2. The molecule has 0 saturated heterocycles. The van der Waals surface area contributed by atoms with Gasteiger partial charge in [-0.2, -0.15) is 0 Å². The first-order chi connectivity index (χ1) is 10.8. The number of hydrogen-bond acceptors (Lipinski definition) is 2. The minimum absolute atomic E-state index is 0.292. The maximum absolute atomic E-state index is 5.45. The largest absolute Gasteiger partial charge is 0.454 e. The summed E-state index contributed by atoms with van der Waals surface area (Å²) in [5.74, 6) is 8.10. The van der Waals surface area contributed by atoms with Gasteiger partial charge < -0.3 is 9.47 Å². The molecule has 0 N–H and O–H groups in total. The van der Waals surface area contributed by atoms with Gasteiger partial charge in [0.1, 0.15) is 0 Å². The fourth-order valence-electron chi connectivity index (χ4n) is 2.29. The summed E-state index contributed by atoms with van der Waals surface area (Å²) in [5.41, 5.74) is 4.34. The average molecular weight is 290 g/mol. The molecule has 110 valence electrons. The Balaban J connectivity index is 1.91. The molecule has 0 radical (unpaired) electrons. The molecule has 0 spiro atoms. The lowest BCUT2D eigenvalue weighted by Gasteiger charge is -2.02. The van der Waals surface area contributed by atoms with Gasteiger partial charge in [-0.15, -0.1) is 0 Å². The fourth-order valence-corrected chi connectivity index (χ4v) is 2.29. The molecule has 2 heteroatoms. The molecule has 0 saturated carbocycles. The molecule has 0 aliphatic carbocycles. The van der Waals surface area contributed by atoms with Gasteiger partial charge in [0.05, 0.1) is 0 Å². The molecular formula is C20H18O2. The lowest BCUT2D eigenvalue weighted by molar-refractivity contribution is 0.174. The van der Waals surface area contributed by atoms with Crippen molar-refractivity contribution in [1.29, 1.82) is 0 Å². The van der Waals surface area contributed by atoms with Gasteiger partial charge in [0.15, 0.2) is 11.5 Å². The van der Waals surface area contributed by atoms with Crippen molar-refractivity contribution >= 4 is 5.57 Å². The Morgan fingerprint density at radius 2 is 1.86 bits per heavy atom. The second kappa shape index (κ2) is 6.41. The van der Waals surface area contributed by atoms with Crippen LogP contribution in [0.15, 0.2) is 48.5 Å². The summed E-state index contributed by atoms with van der Waals surface area (Å²) in [4.78, 5) is 0. The number of rotatable bonds is 2. The highest BCUT2D eigenvalue weighted by atomic mass is 16.7. The van der Waals surface area contributed by atoms with E-state index in [0.717, 1.165) is 34.6 Å². The van der Waals surface area contributed by atoms with Crippen LogP contribution in [0.2, 0.25) is 0 Å². The Hall–Kier alpha value is -2.66. The van der Waals surface area contributed by atoms with Crippen LogP contribution in [0.25, 0.3) is 5.57 Å². The summed E-state index contributed by atoms with van der Waals surface area (Å²) in [6.07, 6.45) is 3.07. The second-order valence-corrected chi connectivity index (χ2v) is 5.21. The van der Waals surface area contributed by atoms with Crippen LogP contribution in [0, 0.1) is 18.8 Å². The van der Waals surface area contributed by atoms with Crippen LogP contribution in [0.5, 0.6) is 11.5 Å². The average Bonchev–Trinajstić information content (AvgIpc) is 3.00. The van der Waals surface area contributed by atoms with Crippen LogP contribution >= 0.6 is 0 Å². The highest BCUT2D eigenvalue weighted by molar-refractivity contribution is 5.80. The Morgan fingerprint density at radius 1 is 1.09 bits per heavy atom. The maximum Gasteiger partial charge on any atom is 0.231 e. The molecule has 0 atom stereocenters. The summed E-state index contributed by atoms with van der Waals surface area (Å²) < 4.78 is 10.8. The third-order valence-electron chi connectivity index (χ3n) is 3.48. The van der Waals surface area contributed by atoms with Crippen molar-refractivity contribution in [3.8, 4) is 23.3 Å². The third kappa shape index (κ3) is 3.15. The summed E-state index contributed by atoms with van der Waals surface area (Å²) in [6, 6.07) is 14.2. The normalized spacial score (nSPS) is 12.7. The van der Waals surface area contributed by atoms with Gasteiger partial charge in [0, 0.05) is 11.1 Å². The molecule has 0 bridgehead atoms. The Labute approximate surface area is 131 Å². The SMILES string of the molecule is CC/C=C(\C#Cc1ccc(C)cc1)c1ccc2c(c1)OCO2. The molecular weight excluding hydrogens is 272 g/mol. The molecule has 22 heavy (non-hydrogen) atoms. The van der Waals surface area contributed by atoms with E-state index >= 15 is 0 Å². The predicted octanol–water partition coefficient (Wildman–Crippen LogP) is 4.57. The van der Waals surface area contributed by atoms with E-state index in [1.54, 1.807) is 0 Å². The van der Waals surface area contributed by atoms with Crippen LogP contribution in [0.3, 0.4) is 0 Å². The van der Waals surface area contributed by atoms with E-state index in [2.05, 4.69) is 43.9 Å². The van der Waals surface area contributed by atoms with Crippen LogP contribution in [-0.2, 0) is 0 Å². The Bertz CT molecular complexity index is 759. The van der Waals surface area contributed by atoms with E-state index in [9.17, 15) is 0 Å². The minimum Gasteiger partial charge on any atom is -0.454 e. The molecule has 2 nitrogen and oxygen atoms in total. The van der Waals surface area contributed by atoms with Gasteiger partial charge in [-0.25, -0.2) is 0 Å². The van der Waals surface area contributed by atoms with Gasteiger partial charge >= 0.3 is 0 Å². The maximum atomic E-state index is 5.45. The van der Waals surface area contributed by atoms with Crippen molar-refractivity contribution in [2.75, 3.05) is 6.79 Å². The second-order valence-electron chi connectivity index (χ2n) is 5.21. The van der Waals surface area contributed by atoms with E-state index in [4.69, 9.17) is 9.47 Å². The molecule has 0 aromatic heterocycles. The van der Waals surface area contributed by atoms with Crippen LogP contribution in [-0.4, -0.2) is 6.79 Å². The first-order valence-electron chi connectivity index (χ1n) is 7.45. The van der Waals surface area contributed by atoms with Crippen LogP contribution in [0.4, 0.5) is 0 Å². The molecule has 1 aliphatic heterocycles. The monoisotopic (exact) mass is 290 g/mol. The van der Waals surface area contributed by atoms with E-state index in [1.165, 1.54) is 5.56 Å². The number of fused-ring (bicyclic) bond motifs is 1. The van der Waals surface area contributed by atoms with Crippen LogP contribution in [0.1, 0.15) is 30.0 Å². The fraction of sp³-hybridized carbons (Fsp3) is 0.200. The zero-order chi connectivity index (χ0) is 15.4. The lowest BCUT2D eigenvalue weighted by Crippen LogP contribution is -1.92. The first kappa shape index (κ1) is 14.3. The number of ether oxygens (including phenoxy) is 2. The predicted molar refractivity (Wildman–Crippen MR) is 88.9 cm³/mol. The standard InChI is InChI=1S/C20H18O2/c1-3-4-17(10-9-16-7-5-15(2)6-8-16)18-11-12-19-20(13-18)22-14-21-19/h4-8,11-13H,3,14H2,1-2H3/b17-4+. The lowest BCUT2D eigenvalue weighted by atomic mass is 10.0. The number of hydrogen-bond donors (Lipinski definition) is 0. The van der Waals surface area contributed by atoms with E-state index in [0.29, 0.717) is 6.79 Å². The summed E-state index contributed by atoms with van der Waals surface area (Å²) in [5, 5.41) is 0. The van der Waals surface area contributed by atoms with Crippen molar-refractivity contribution in [3.63, 3.8) is 0 Å². The zero-order valence-electron chi connectivity index (χ0n) is 12.8. The van der Waals surface area contributed by atoms with E-state index in [1.807, 2.05) is 30.3 Å². The van der Waals surface area contributed by atoms with Crippen LogP contribution < -0.4 is 9.47 Å².